The molecular weight excluding hydrogens is 226 g/mol. The molecule has 0 aliphatic carbocycles. The third kappa shape index (κ3) is 1.37. The van der Waals surface area contributed by atoms with E-state index in [4.69, 9.17) is 22.1 Å². The number of anilines is 1. The summed E-state index contributed by atoms with van der Waals surface area (Å²) >= 11 is 6.11. The predicted octanol–water partition coefficient (Wildman–Crippen LogP) is 2.07. The molecular formula is C11H12ClN3O. The van der Waals surface area contributed by atoms with Crippen molar-refractivity contribution in [1.82, 2.24) is 9.38 Å². The first kappa shape index (κ1) is 9.93. The number of aromatic nitrogens is 2. The fraction of sp³-hybridized carbons (Fsp3) is 0.364. The Hall–Kier alpha value is -1.26. The molecule has 0 radical (unpaired) electrons. The lowest BCUT2D eigenvalue weighted by atomic mass is 10.1. The Labute approximate surface area is 98.0 Å². The zero-order chi connectivity index (χ0) is 11.1. The number of nitrogen functional groups attached to an aromatic ring is 1. The Morgan fingerprint density at radius 1 is 1.56 bits per heavy atom. The topological polar surface area (TPSA) is 52.5 Å². The maximum atomic E-state index is 6.11. The van der Waals surface area contributed by atoms with Crippen LogP contribution in [0.25, 0.3) is 5.52 Å². The molecule has 2 N–H and O–H groups in total. The minimum absolute atomic E-state index is 0.321. The van der Waals surface area contributed by atoms with Gasteiger partial charge in [-0.1, -0.05) is 11.6 Å². The van der Waals surface area contributed by atoms with E-state index in [0.717, 1.165) is 24.4 Å². The molecule has 0 amide bonds. The lowest BCUT2D eigenvalue weighted by molar-refractivity contribution is 0.193. The van der Waals surface area contributed by atoms with Gasteiger partial charge in [0, 0.05) is 18.7 Å². The summed E-state index contributed by atoms with van der Waals surface area (Å²) in [5, 5.41) is 0.472. The molecule has 2 aromatic rings. The largest absolute Gasteiger partial charge is 0.397 e. The molecule has 16 heavy (non-hydrogen) atoms. The van der Waals surface area contributed by atoms with Crippen molar-refractivity contribution in [3.8, 4) is 0 Å². The van der Waals surface area contributed by atoms with E-state index >= 15 is 0 Å². The molecule has 0 aromatic carbocycles. The highest BCUT2D eigenvalue weighted by Gasteiger charge is 2.24. The lowest BCUT2D eigenvalue weighted by Gasteiger charge is -2.06. The summed E-state index contributed by atoms with van der Waals surface area (Å²) in [6.45, 7) is 1.50. The van der Waals surface area contributed by atoms with Crippen LogP contribution in [0.15, 0.2) is 18.3 Å². The minimum Gasteiger partial charge on any atom is -0.397 e. The summed E-state index contributed by atoms with van der Waals surface area (Å²) in [6.07, 6.45) is 2.93. The molecule has 1 atom stereocenters. The van der Waals surface area contributed by atoms with Crippen LogP contribution in [-0.2, 0) is 4.74 Å². The third-order valence-electron chi connectivity index (χ3n) is 2.98. The standard InChI is InChI=1S/C11H12ClN3O/c12-10-9-8(13)2-1-4-15(9)11(14-10)7-3-5-16-6-7/h1-2,4,7H,3,5-6,13H2. The molecule has 3 heterocycles. The van der Waals surface area contributed by atoms with Crippen molar-refractivity contribution in [2.45, 2.75) is 12.3 Å². The van der Waals surface area contributed by atoms with Gasteiger partial charge in [-0.25, -0.2) is 4.98 Å². The van der Waals surface area contributed by atoms with Crippen molar-refractivity contribution in [2.75, 3.05) is 18.9 Å². The first-order valence-electron chi connectivity index (χ1n) is 5.27. The van der Waals surface area contributed by atoms with E-state index in [0.29, 0.717) is 23.4 Å². The van der Waals surface area contributed by atoms with E-state index in [1.54, 1.807) is 0 Å². The van der Waals surface area contributed by atoms with E-state index in [-0.39, 0.29) is 0 Å². The van der Waals surface area contributed by atoms with Crippen LogP contribution in [0.3, 0.4) is 0 Å². The smallest absolute Gasteiger partial charge is 0.157 e. The van der Waals surface area contributed by atoms with Gasteiger partial charge in [-0.3, -0.25) is 0 Å². The summed E-state index contributed by atoms with van der Waals surface area (Å²) in [5.74, 6) is 1.27. The Morgan fingerprint density at radius 2 is 2.44 bits per heavy atom. The first-order chi connectivity index (χ1) is 7.77. The minimum atomic E-state index is 0.321. The number of nitrogens with two attached hydrogens (primary N) is 1. The Bertz CT molecular complexity index is 531. The Kier molecular flexibility index (Phi) is 2.26. The van der Waals surface area contributed by atoms with Gasteiger partial charge in [0.1, 0.15) is 11.3 Å². The molecule has 4 nitrogen and oxygen atoms in total. The van der Waals surface area contributed by atoms with Crippen molar-refractivity contribution < 1.29 is 4.74 Å². The fourth-order valence-corrected chi connectivity index (χ4v) is 2.46. The summed E-state index contributed by atoms with van der Waals surface area (Å²) in [6, 6.07) is 3.73. The van der Waals surface area contributed by atoms with Gasteiger partial charge in [0.05, 0.1) is 12.3 Å². The number of rotatable bonds is 1. The number of halogens is 1. The van der Waals surface area contributed by atoms with Crippen LogP contribution in [-0.4, -0.2) is 22.6 Å². The number of nitrogens with zero attached hydrogens (tertiary/aromatic N) is 2. The van der Waals surface area contributed by atoms with Crippen molar-refractivity contribution in [2.24, 2.45) is 0 Å². The Balaban J connectivity index is 2.22. The van der Waals surface area contributed by atoms with Crippen molar-refractivity contribution in [3.05, 3.63) is 29.3 Å². The molecule has 0 bridgehead atoms. The molecule has 0 saturated carbocycles. The molecule has 0 spiro atoms. The van der Waals surface area contributed by atoms with E-state index in [1.165, 1.54) is 0 Å². The zero-order valence-corrected chi connectivity index (χ0v) is 9.44. The molecule has 3 rings (SSSR count). The Morgan fingerprint density at radius 3 is 3.19 bits per heavy atom. The summed E-state index contributed by atoms with van der Waals surface area (Å²) in [4.78, 5) is 4.40. The van der Waals surface area contributed by atoms with Gasteiger partial charge < -0.3 is 14.9 Å². The van der Waals surface area contributed by atoms with E-state index in [9.17, 15) is 0 Å². The highest BCUT2D eigenvalue weighted by atomic mass is 35.5. The highest BCUT2D eigenvalue weighted by Crippen LogP contribution is 2.30. The highest BCUT2D eigenvalue weighted by molar-refractivity contribution is 6.33. The number of fused-ring (bicyclic) bond motifs is 1. The first-order valence-corrected chi connectivity index (χ1v) is 5.65. The molecule has 1 aliphatic rings. The molecule has 1 aliphatic heterocycles. The summed E-state index contributed by atoms with van der Waals surface area (Å²) < 4.78 is 7.34. The van der Waals surface area contributed by atoms with E-state index in [2.05, 4.69) is 4.98 Å². The normalized spacial score (nSPS) is 20.7. The van der Waals surface area contributed by atoms with Gasteiger partial charge in [-0.05, 0) is 18.6 Å². The van der Waals surface area contributed by atoms with E-state index in [1.807, 2.05) is 22.7 Å². The molecule has 1 unspecified atom stereocenters. The average Bonchev–Trinajstić information content (AvgIpc) is 2.86. The second-order valence-corrected chi connectivity index (χ2v) is 4.36. The second kappa shape index (κ2) is 3.64. The maximum Gasteiger partial charge on any atom is 0.157 e. The quantitative estimate of drug-likeness (QED) is 0.826. The number of pyridine rings is 1. The zero-order valence-electron chi connectivity index (χ0n) is 8.69. The van der Waals surface area contributed by atoms with Gasteiger partial charge >= 0.3 is 0 Å². The average molecular weight is 238 g/mol. The van der Waals surface area contributed by atoms with Crippen molar-refractivity contribution in [3.63, 3.8) is 0 Å². The maximum absolute atomic E-state index is 6.11. The molecule has 5 heteroatoms. The number of ether oxygens (including phenoxy) is 1. The molecule has 2 aromatic heterocycles. The van der Waals surface area contributed by atoms with Crippen LogP contribution in [0, 0.1) is 0 Å². The van der Waals surface area contributed by atoms with Crippen LogP contribution in [0.1, 0.15) is 18.2 Å². The summed E-state index contributed by atoms with van der Waals surface area (Å²) in [5.41, 5.74) is 7.35. The van der Waals surface area contributed by atoms with Gasteiger partial charge in [-0.15, -0.1) is 0 Å². The van der Waals surface area contributed by atoms with Crippen LogP contribution in [0.4, 0.5) is 5.69 Å². The fourth-order valence-electron chi connectivity index (χ4n) is 2.17. The van der Waals surface area contributed by atoms with Crippen molar-refractivity contribution >= 4 is 22.8 Å². The molecule has 84 valence electrons. The number of imidazole rings is 1. The van der Waals surface area contributed by atoms with Gasteiger partial charge in [-0.2, -0.15) is 0 Å². The second-order valence-electron chi connectivity index (χ2n) is 4.00. The monoisotopic (exact) mass is 237 g/mol. The van der Waals surface area contributed by atoms with Crippen molar-refractivity contribution in [1.29, 1.82) is 0 Å². The van der Waals surface area contributed by atoms with Crippen LogP contribution >= 0.6 is 11.6 Å². The van der Waals surface area contributed by atoms with Gasteiger partial charge in [0.25, 0.3) is 0 Å². The predicted molar refractivity (Wildman–Crippen MR) is 62.8 cm³/mol. The van der Waals surface area contributed by atoms with E-state index < -0.39 is 0 Å². The summed E-state index contributed by atoms with van der Waals surface area (Å²) in [7, 11) is 0. The molecule has 1 fully saturated rings. The lowest BCUT2D eigenvalue weighted by Crippen LogP contribution is -2.04. The SMILES string of the molecule is Nc1cccn2c(C3CCOC3)nc(Cl)c12. The number of hydrogen-bond acceptors (Lipinski definition) is 3. The third-order valence-corrected chi connectivity index (χ3v) is 3.24. The van der Waals surface area contributed by atoms with Gasteiger partial charge in [0.2, 0.25) is 0 Å². The number of hydrogen-bond donors (Lipinski definition) is 1. The van der Waals surface area contributed by atoms with Gasteiger partial charge in [0.15, 0.2) is 5.15 Å². The van der Waals surface area contributed by atoms with Crippen LogP contribution in [0.2, 0.25) is 5.15 Å². The molecule has 1 saturated heterocycles. The van der Waals surface area contributed by atoms with Crippen LogP contribution in [0.5, 0.6) is 0 Å². The van der Waals surface area contributed by atoms with Crippen LogP contribution < -0.4 is 5.73 Å².